The standard InChI is InChI=1S/C20H27N3O/c1-15-6-8-17(9-7-15)20(24)21-14-19(23(4)5)16-10-12-18(13-11-16)22(2)3/h6-13,19H,14H2,1-5H3,(H,21,24)/p+1/t19-/m0/s1. The molecule has 1 atom stereocenters. The third-order valence-corrected chi connectivity index (χ3v) is 4.29. The van der Waals surface area contributed by atoms with Crippen LogP contribution in [0.1, 0.15) is 27.5 Å². The first-order chi connectivity index (χ1) is 11.4. The number of anilines is 1. The van der Waals surface area contributed by atoms with Gasteiger partial charge in [0, 0.05) is 30.9 Å². The number of aryl methyl sites for hydroxylation is 1. The Bertz CT molecular complexity index is 660. The maximum atomic E-state index is 12.3. The molecule has 0 radical (unpaired) electrons. The molecule has 0 heterocycles. The van der Waals surface area contributed by atoms with Gasteiger partial charge in [0.1, 0.15) is 6.04 Å². The molecule has 0 aromatic heterocycles. The molecule has 0 unspecified atom stereocenters. The topological polar surface area (TPSA) is 36.8 Å². The van der Waals surface area contributed by atoms with E-state index in [0.717, 1.165) is 5.56 Å². The third kappa shape index (κ3) is 4.59. The van der Waals surface area contributed by atoms with Crippen molar-refractivity contribution in [3.8, 4) is 0 Å². The van der Waals surface area contributed by atoms with Crippen molar-refractivity contribution in [1.82, 2.24) is 5.32 Å². The van der Waals surface area contributed by atoms with Crippen molar-refractivity contribution >= 4 is 11.6 Å². The first kappa shape index (κ1) is 18.0. The number of carbonyl (C=O) groups is 1. The molecule has 0 aliphatic carbocycles. The van der Waals surface area contributed by atoms with E-state index < -0.39 is 0 Å². The Hall–Kier alpha value is -2.33. The molecular formula is C20H28N3O+. The number of carbonyl (C=O) groups excluding carboxylic acids is 1. The van der Waals surface area contributed by atoms with Crippen LogP contribution in [0.15, 0.2) is 48.5 Å². The van der Waals surface area contributed by atoms with Gasteiger partial charge in [0.05, 0.1) is 20.6 Å². The summed E-state index contributed by atoms with van der Waals surface area (Å²) in [5.74, 6) is -0.0221. The van der Waals surface area contributed by atoms with Crippen LogP contribution in [0.2, 0.25) is 0 Å². The van der Waals surface area contributed by atoms with Gasteiger partial charge in [0.2, 0.25) is 0 Å². The summed E-state index contributed by atoms with van der Waals surface area (Å²) in [5.41, 5.74) is 4.26. The van der Waals surface area contributed by atoms with Crippen molar-refractivity contribution in [2.75, 3.05) is 39.6 Å². The summed E-state index contributed by atoms with van der Waals surface area (Å²) >= 11 is 0. The van der Waals surface area contributed by atoms with E-state index in [1.165, 1.54) is 16.2 Å². The molecule has 24 heavy (non-hydrogen) atoms. The fourth-order valence-electron chi connectivity index (χ4n) is 2.66. The number of hydrogen-bond donors (Lipinski definition) is 2. The summed E-state index contributed by atoms with van der Waals surface area (Å²) in [7, 11) is 8.29. The van der Waals surface area contributed by atoms with Crippen LogP contribution in [0.25, 0.3) is 0 Å². The van der Waals surface area contributed by atoms with Gasteiger partial charge in [-0.2, -0.15) is 0 Å². The molecule has 2 aromatic rings. The summed E-state index contributed by atoms with van der Waals surface area (Å²) in [6.45, 7) is 2.63. The van der Waals surface area contributed by atoms with Crippen LogP contribution >= 0.6 is 0 Å². The van der Waals surface area contributed by atoms with Crippen LogP contribution in [-0.2, 0) is 0 Å². The predicted molar refractivity (Wildman–Crippen MR) is 99.8 cm³/mol. The molecule has 0 aliphatic rings. The number of nitrogens with one attached hydrogen (secondary N) is 2. The lowest BCUT2D eigenvalue weighted by Gasteiger charge is -2.23. The van der Waals surface area contributed by atoms with Gasteiger partial charge in [-0.1, -0.05) is 29.8 Å². The normalized spacial score (nSPS) is 12.1. The number of rotatable bonds is 6. The lowest BCUT2D eigenvalue weighted by atomic mass is 10.0. The maximum absolute atomic E-state index is 12.3. The first-order valence-electron chi connectivity index (χ1n) is 8.30. The van der Waals surface area contributed by atoms with Gasteiger partial charge in [-0.3, -0.25) is 4.79 Å². The Kier molecular flexibility index (Phi) is 5.99. The molecule has 0 fully saturated rings. The molecule has 0 spiro atoms. The molecule has 0 saturated heterocycles. The molecule has 4 nitrogen and oxygen atoms in total. The quantitative estimate of drug-likeness (QED) is 0.847. The van der Waals surface area contributed by atoms with E-state index in [1.807, 2.05) is 45.3 Å². The fourth-order valence-corrected chi connectivity index (χ4v) is 2.66. The van der Waals surface area contributed by atoms with Gasteiger partial charge < -0.3 is 15.1 Å². The minimum Gasteiger partial charge on any atom is -0.378 e. The number of quaternary nitrogens is 1. The van der Waals surface area contributed by atoms with E-state index in [2.05, 4.69) is 48.6 Å². The molecule has 0 bridgehead atoms. The second-order valence-corrected chi connectivity index (χ2v) is 6.69. The zero-order valence-corrected chi connectivity index (χ0v) is 15.3. The van der Waals surface area contributed by atoms with Crippen LogP contribution in [0.3, 0.4) is 0 Å². The molecule has 0 aliphatic heterocycles. The molecule has 4 heteroatoms. The van der Waals surface area contributed by atoms with Gasteiger partial charge in [-0.15, -0.1) is 0 Å². The van der Waals surface area contributed by atoms with Gasteiger partial charge in [-0.25, -0.2) is 0 Å². The smallest absolute Gasteiger partial charge is 0.251 e. The van der Waals surface area contributed by atoms with Crippen molar-refractivity contribution < 1.29 is 9.69 Å². The number of likely N-dealkylation sites (N-methyl/N-ethyl adjacent to an activating group) is 1. The lowest BCUT2D eigenvalue weighted by molar-refractivity contribution is -0.890. The Balaban J connectivity index is 2.05. The van der Waals surface area contributed by atoms with Crippen LogP contribution in [0, 0.1) is 6.92 Å². The highest BCUT2D eigenvalue weighted by molar-refractivity contribution is 5.94. The molecule has 2 aromatic carbocycles. The number of amides is 1. The highest BCUT2D eigenvalue weighted by Crippen LogP contribution is 2.16. The minimum atomic E-state index is -0.0221. The number of hydrogen-bond acceptors (Lipinski definition) is 2. The summed E-state index contributed by atoms with van der Waals surface area (Å²) < 4.78 is 0. The second kappa shape index (κ2) is 7.97. The zero-order valence-electron chi connectivity index (χ0n) is 15.3. The third-order valence-electron chi connectivity index (χ3n) is 4.29. The van der Waals surface area contributed by atoms with E-state index >= 15 is 0 Å². The van der Waals surface area contributed by atoms with Gasteiger partial charge in [0.15, 0.2) is 0 Å². The molecular weight excluding hydrogens is 298 g/mol. The van der Waals surface area contributed by atoms with Crippen LogP contribution in [0.4, 0.5) is 5.69 Å². The van der Waals surface area contributed by atoms with Gasteiger partial charge in [-0.05, 0) is 31.2 Å². The van der Waals surface area contributed by atoms with Crippen LogP contribution in [-0.4, -0.2) is 40.6 Å². The number of benzene rings is 2. The first-order valence-corrected chi connectivity index (χ1v) is 8.30. The molecule has 1 amide bonds. The summed E-state index contributed by atoms with van der Waals surface area (Å²) in [4.78, 5) is 15.7. The largest absolute Gasteiger partial charge is 0.378 e. The Labute approximate surface area is 145 Å². The monoisotopic (exact) mass is 326 g/mol. The second-order valence-electron chi connectivity index (χ2n) is 6.69. The van der Waals surface area contributed by atoms with E-state index in [9.17, 15) is 4.79 Å². The van der Waals surface area contributed by atoms with Crippen molar-refractivity contribution in [1.29, 1.82) is 0 Å². The average Bonchev–Trinajstić information content (AvgIpc) is 2.55. The highest BCUT2D eigenvalue weighted by Gasteiger charge is 2.19. The highest BCUT2D eigenvalue weighted by atomic mass is 16.1. The van der Waals surface area contributed by atoms with Crippen molar-refractivity contribution in [3.05, 3.63) is 65.2 Å². The van der Waals surface area contributed by atoms with Crippen molar-refractivity contribution in [2.45, 2.75) is 13.0 Å². The van der Waals surface area contributed by atoms with Crippen molar-refractivity contribution in [3.63, 3.8) is 0 Å². The summed E-state index contributed by atoms with van der Waals surface area (Å²) in [6, 6.07) is 16.4. The number of nitrogens with zero attached hydrogens (tertiary/aromatic N) is 1. The fraction of sp³-hybridized carbons (Fsp3) is 0.350. The van der Waals surface area contributed by atoms with Crippen LogP contribution < -0.4 is 15.1 Å². The maximum Gasteiger partial charge on any atom is 0.251 e. The Morgan fingerprint density at radius 1 is 1.04 bits per heavy atom. The van der Waals surface area contributed by atoms with E-state index in [4.69, 9.17) is 0 Å². The summed E-state index contributed by atoms with van der Waals surface area (Å²) in [5, 5.41) is 3.07. The van der Waals surface area contributed by atoms with E-state index in [0.29, 0.717) is 12.1 Å². The molecule has 128 valence electrons. The Morgan fingerprint density at radius 2 is 1.62 bits per heavy atom. The Morgan fingerprint density at radius 3 is 2.12 bits per heavy atom. The van der Waals surface area contributed by atoms with Gasteiger partial charge >= 0.3 is 0 Å². The SMILES string of the molecule is Cc1ccc(C(=O)NC[C@@H](c2ccc(N(C)C)cc2)[NH+](C)C)cc1. The van der Waals surface area contributed by atoms with Crippen molar-refractivity contribution in [2.24, 2.45) is 0 Å². The zero-order chi connectivity index (χ0) is 17.7. The van der Waals surface area contributed by atoms with Gasteiger partial charge in [0.25, 0.3) is 5.91 Å². The lowest BCUT2D eigenvalue weighted by Crippen LogP contribution is -3.07. The summed E-state index contributed by atoms with van der Waals surface area (Å²) in [6.07, 6.45) is 0. The van der Waals surface area contributed by atoms with E-state index in [1.54, 1.807) is 0 Å². The van der Waals surface area contributed by atoms with E-state index in [-0.39, 0.29) is 11.9 Å². The minimum absolute atomic E-state index is 0.0221. The molecule has 0 saturated carbocycles. The average molecular weight is 326 g/mol. The molecule has 2 rings (SSSR count). The molecule has 2 N–H and O–H groups in total. The predicted octanol–water partition coefficient (Wildman–Crippen LogP) is 1.68. The van der Waals surface area contributed by atoms with Crippen LogP contribution in [0.5, 0.6) is 0 Å².